The van der Waals surface area contributed by atoms with Crippen molar-refractivity contribution in [2.45, 2.75) is 13.5 Å². The van der Waals surface area contributed by atoms with Gasteiger partial charge in [-0.25, -0.2) is 0 Å². The van der Waals surface area contributed by atoms with E-state index in [1.54, 1.807) is 0 Å². The second-order valence-corrected chi connectivity index (χ2v) is 7.45. The highest BCUT2D eigenvalue weighted by molar-refractivity contribution is 9.10. The number of nitrogens with one attached hydrogen (secondary N) is 1. The smallest absolute Gasteiger partial charge is 0.256 e. The second kappa shape index (κ2) is 8.53. The number of para-hydroxylation sites is 1. The molecule has 1 aliphatic heterocycles. The molecule has 4 nitrogen and oxygen atoms in total. The van der Waals surface area contributed by atoms with Crippen LogP contribution in [0.15, 0.2) is 71.2 Å². The van der Waals surface area contributed by atoms with E-state index in [1.165, 1.54) is 0 Å². The van der Waals surface area contributed by atoms with Crippen LogP contribution in [0.1, 0.15) is 23.6 Å². The lowest BCUT2D eigenvalue weighted by Crippen LogP contribution is -2.04. The molecule has 0 saturated heterocycles. The van der Waals surface area contributed by atoms with Gasteiger partial charge in [-0.15, -0.1) is 0 Å². The molecule has 0 atom stereocenters. The molecule has 0 unspecified atom stereocenters. The Labute approximate surface area is 178 Å². The van der Waals surface area contributed by atoms with Gasteiger partial charge < -0.3 is 14.8 Å². The Hall–Kier alpha value is -3.05. The highest BCUT2D eigenvalue weighted by Gasteiger charge is 2.23. The van der Waals surface area contributed by atoms with Crippen LogP contribution >= 0.6 is 15.9 Å². The minimum atomic E-state index is -0.107. The van der Waals surface area contributed by atoms with Gasteiger partial charge in [0, 0.05) is 16.8 Å². The number of hydrogen-bond donors (Lipinski definition) is 1. The van der Waals surface area contributed by atoms with E-state index in [0.29, 0.717) is 30.3 Å². The number of rotatable bonds is 6. The summed E-state index contributed by atoms with van der Waals surface area (Å²) in [6, 6.07) is 21.5. The largest absolute Gasteiger partial charge is 0.490 e. The third kappa shape index (κ3) is 4.20. The molecule has 3 aromatic carbocycles. The van der Waals surface area contributed by atoms with Crippen LogP contribution in [0, 0.1) is 0 Å². The van der Waals surface area contributed by atoms with Crippen LogP contribution in [-0.2, 0) is 11.4 Å². The van der Waals surface area contributed by atoms with Crippen molar-refractivity contribution >= 4 is 39.2 Å². The van der Waals surface area contributed by atoms with Gasteiger partial charge in [0.05, 0.1) is 11.1 Å². The van der Waals surface area contributed by atoms with Crippen molar-refractivity contribution in [3.05, 3.63) is 87.9 Å². The monoisotopic (exact) mass is 449 g/mol. The molecule has 1 N–H and O–H groups in total. The summed E-state index contributed by atoms with van der Waals surface area (Å²) in [7, 11) is 0. The Morgan fingerprint density at radius 1 is 1.00 bits per heavy atom. The molecule has 3 aromatic rings. The van der Waals surface area contributed by atoms with E-state index in [-0.39, 0.29) is 5.91 Å². The Balaban J connectivity index is 1.66. The zero-order valence-corrected chi connectivity index (χ0v) is 17.5. The maximum absolute atomic E-state index is 12.4. The normalized spacial score (nSPS) is 13.9. The summed E-state index contributed by atoms with van der Waals surface area (Å²) >= 11 is 3.60. The van der Waals surface area contributed by atoms with Gasteiger partial charge in [0.25, 0.3) is 5.91 Å². The van der Waals surface area contributed by atoms with Crippen LogP contribution in [0.5, 0.6) is 11.5 Å². The average Bonchev–Trinajstić information content (AvgIpc) is 3.04. The first-order valence-electron chi connectivity index (χ1n) is 9.41. The molecule has 1 heterocycles. The fourth-order valence-electron chi connectivity index (χ4n) is 3.25. The van der Waals surface area contributed by atoms with Gasteiger partial charge >= 0.3 is 0 Å². The van der Waals surface area contributed by atoms with Gasteiger partial charge in [0.1, 0.15) is 6.61 Å². The fraction of sp³-hybridized carbons (Fsp3) is 0.125. The number of ether oxygens (including phenoxy) is 2. The van der Waals surface area contributed by atoms with Gasteiger partial charge in [-0.05, 0) is 58.3 Å². The summed E-state index contributed by atoms with van der Waals surface area (Å²) in [5.41, 5.74) is 4.29. The fourth-order valence-corrected chi connectivity index (χ4v) is 3.83. The van der Waals surface area contributed by atoms with Crippen LogP contribution in [0.2, 0.25) is 0 Å². The third-order valence-corrected chi connectivity index (χ3v) is 5.17. The number of benzene rings is 3. The zero-order valence-electron chi connectivity index (χ0n) is 15.9. The van der Waals surface area contributed by atoms with E-state index in [0.717, 1.165) is 26.9 Å². The molecule has 0 spiro atoms. The first kappa shape index (κ1) is 19.3. The minimum Gasteiger partial charge on any atom is -0.490 e. The van der Waals surface area contributed by atoms with Crippen molar-refractivity contribution in [2.24, 2.45) is 0 Å². The van der Waals surface area contributed by atoms with Crippen molar-refractivity contribution in [3.8, 4) is 11.5 Å². The maximum Gasteiger partial charge on any atom is 0.256 e. The molecule has 0 bridgehead atoms. The topological polar surface area (TPSA) is 47.6 Å². The predicted molar refractivity (Wildman–Crippen MR) is 119 cm³/mol. The van der Waals surface area contributed by atoms with Gasteiger partial charge in [-0.1, -0.05) is 48.5 Å². The zero-order chi connectivity index (χ0) is 20.2. The summed E-state index contributed by atoms with van der Waals surface area (Å²) in [6.07, 6.45) is 1.87. The highest BCUT2D eigenvalue weighted by Crippen LogP contribution is 2.39. The van der Waals surface area contributed by atoms with Gasteiger partial charge in [0.2, 0.25) is 0 Å². The standard InChI is InChI=1S/C24H20BrNO3/c1-2-28-22-14-17(12-19-18-10-6-7-11-21(18)26-24(19)27)13-20(25)23(22)29-15-16-8-4-3-5-9-16/h3-14H,2,15H2,1H3,(H,26,27). The molecule has 29 heavy (non-hydrogen) atoms. The van der Waals surface area contributed by atoms with Crippen LogP contribution in [-0.4, -0.2) is 12.5 Å². The Bertz CT molecular complexity index is 1080. The maximum atomic E-state index is 12.4. The molecule has 1 amide bonds. The molecule has 4 rings (SSSR count). The number of carbonyl (C=O) groups is 1. The quantitative estimate of drug-likeness (QED) is 0.475. The lowest BCUT2D eigenvalue weighted by molar-refractivity contribution is -0.110. The molecule has 0 fully saturated rings. The average molecular weight is 450 g/mol. The van der Waals surface area contributed by atoms with E-state index in [2.05, 4.69) is 21.2 Å². The van der Waals surface area contributed by atoms with E-state index in [4.69, 9.17) is 9.47 Å². The first-order valence-corrected chi connectivity index (χ1v) is 10.2. The second-order valence-electron chi connectivity index (χ2n) is 6.59. The molecule has 0 aliphatic carbocycles. The Morgan fingerprint density at radius 2 is 1.76 bits per heavy atom. The van der Waals surface area contributed by atoms with E-state index >= 15 is 0 Å². The van der Waals surface area contributed by atoms with Crippen LogP contribution < -0.4 is 14.8 Å². The minimum absolute atomic E-state index is 0.107. The van der Waals surface area contributed by atoms with Crippen molar-refractivity contribution in [3.63, 3.8) is 0 Å². The number of carbonyl (C=O) groups excluding carboxylic acids is 1. The van der Waals surface area contributed by atoms with Gasteiger partial charge in [-0.3, -0.25) is 4.79 Å². The molecular weight excluding hydrogens is 430 g/mol. The first-order chi connectivity index (χ1) is 14.2. The van der Waals surface area contributed by atoms with E-state index < -0.39 is 0 Å². The van der Waals surface area contributed by atoms with Crippen LogP contribution in [0.25, 0.3) is 11.6 Å². The summed E-state index contributed by atoms with van der Waals surface area (Å²) < 4.78 is 12.6. The molecular formula is C24H20BrNO3. The highest BCUT2D eigenvalue weighted by atomic mass is 79.9. The molecule has 5 heteroatoms. The summed E-state index contributed by atoms with van der Waals surface area (Å²) in [4.78, 5) is 12.4. The summed E-state index contributed by atoms with van der Waals surface area (Å²) in [5.74, 6) is 1.18. The van der Waals surface area contributed by atoms with Crippen molar-refractivity contribution in [1.82, 2.24) is 0 Å². The number of anilines is 1. The van der Waals surface area contributed by atoms with Gasteiger partial charge in [-0.2, -0.15) is 0 Å². The van der Waals surface area contributed by atoms with Crippen LogP contribution in [0.4, 0.5) is 5.69 Å². The lowest BCUT2D eigenvalue weighted by Gasteiger charge is -2.15. The Kier molecular flexibility index (Phi) is 5.67. The predicted octanol–water partition coefficient (Wildman–Crippen LogP) is 5.92. The number of hydrogen-bond acceptors (Lipinski definition) is 3. The molecule has 146 valence electrons. The molecule has 0 radical (unpaired) electrons. The molecule has 0 saturated carbocycles. The number of halogens is 1. The summed E-state index contributed by atoms with van der Waals surface area (Å²) in [6.45, 7) is 2.88. The number of amides is 1. The summed E-state index contributed by atoms with van der Waals surface area (Å²) in [5, 5.41) is 2.90. The lowest BCUT2D eigenvalue weighted by atomic mass is 10.0. The van der Waals surface area contributed by atoms with Crippen molar-refractivity contribution in [1.29, 1.82) is 0 Å². The third-order valence-electron chi connectivity index (χ3n) is 4.58. The Morgan fingerprint density at radius 3 is 2.55 bits per heavy atom. The van der Waals surface area contributed by atoms with Crippen LogP contribution in [0.3, 0.4) is 0 Å². The molecule has 0 aromatic heterocycles. The SMILES string of the molecule is CCOc1cc(C=C2C(=O)Nc3ccccc32)cc(Br)c1OCc1ccccc1. The molecule has 1 aliphatic rings. The van der Waals surface area contributed by atoms with E-state index in [9.17, 15) is 4.79 Å². The number of fused-ring (bicyclic) bond motifs is 1. The van der Waals surface area contributed by atoms with Crippen molar-refractivity contribution < 1.29 is 14.3 Å². The van der Waals surface area contributed by atoms with Crippen molar-refractivity contribution in [2.75, 3.05) is 11.9 Å². The van der Waals surface area contributed by atoms with E-state index in [1.807, 2.05) is 79.7 Å². The van der Waals surface area contributed by atoms with Gasteiger partial charge in [0.15, 0.2) is 11.5 Å².